The molecule has 0 saturated carbocycles. The van der Waals surface area contributed by atoms with E-state index in [0.717, 1.165) is 0 Å². The Hall–Kier alpha value is -3.39. The Balaban J connectivity index is 1.78. The lowest BCUT2D eigenvalue weighted by atomic mass is 10.0. The molecule has 2 heterocycles. The van der Waals surface area contributed by atoms with Crippen LogP contribution in [0.15, 0.2) is 48.2 Å². The second kappa shape index (κ2) is 9.23. The molecule has 2 aromatic carbocycles. The van der Waals surface area contributed by atoms with Crippen LogP contribution in [0.5, 0.6) is 11.5 Å². The van der Waals surface area contributed by atoms with E-state index in [1.165, 1.54) is 31.3 Å². The maximum Gasteiger partial charge on any atom is 0.278 e. The maximum atomic E-state index is 13.6. The van der Waals surface area contributed by atoms with Gasteiger partial charge in [0.25, 0.3) is 11.8 Å². The Morgan fingerprint density at radius 2 is 1.58 bits per heavy atom. The number of rotatable bonds is 6. The van der Waals surface area contributed by atoms with Crippen LogP contribution < -0.4 is 9.47 Å². The molecule has 0 aliphatic carbocycles. The van der Waals surface area contributed by atoms with Crippen molar-refractivity contribution in [2.75, 3.05) is 27.3 Å². The number of imide groups is 1. The van der Waals surface area contributed by atoms with Crippen LogP contribution in [0.25, 0.3) is 5.57 Å². The third kappa shape index (κ3) is 4.43. The summed E-state index contributed by atoms with van der Waals surface area (Å²) in [6, 6.07) is 10.9. The lowest BCUT2D eigenvalue weighted by Gasteiger charge is -2.37. The van der Waals surface area contributed by atoms with E-state index in [1.807, 2.05) is 18.7 Å². The van der Waals surface area contributed by atoms with Crippen molar-refractivity contribution in [3.05, 3.63) is 65.1 Å². The Bertz CT molecular complexity index is 1090. The highest BCUT2D eigenvalue weighted by Gasteiger charge is 2.43. The number of carbonyl (C=O) groups is 2. The number of amides is 2. The molecule has 7 nitrogen and oxygen atoms in total. The summed E-state index contributed by atoms with van der Waals surface area (Å²) in [5.41, 5.74) is 1.88. The first-order chi connectivity index (χ1) is 15.8. The molecule has 2 atom stereocenters. The average Bonchev–Trinajstić information content (AvgIpc) is 3.04. The number of benzene rings is 2. The molecule has 8 heteroatoms. The first kappa shape index (κ1) is 22.8. The van der Waals surface area contributed by atoms with Crippen LogP contribution in [-0.2, 0) is 20.9 Å². The molecule has 2 amide bonds. The molecule has 33 heavy (non-hydrogen) atoms. The molecule has 0 spiro atoms. The zero-order valence-electron chi connectivity index (χ0n) is 19.1. The minimum atomic E-state index is -0.404. The van der Waals surface area contributed by atoms with E-state index in [4.69, 9.17) is 14.2 Å². The molecule has 2 aliphatic rings. The van der Waals surface area contributed by atoms with Crippen LogP contribution in [0, 0.1) is 5.82 Å². The predicted octanol–water partition coefficient (Wildman–Crippen LogP) is 3.23. The van der Waals surface area contributed by atoms with Gasteiger partial charge in [-0.15, -0.1) is 0 Å². The number of methoxy groups -OCH3 is 2. The molecule has 174 valence electrons. The van der Waals surface area contributed by atoms with E-state index in [9.17, 15) is 14.0 Å². The lowest BCUT2D eigenvalue weighted by Crippen LogP contribution is -2.46. The largest absolute Gasteiger partial charge is 0.493 e. The number of nitrogens with zero attached hydrogens (tertiary/aromatic N) is 2. The minimum Gasteiger partial charge on any atom is -0.493 e. The fourth-order valence-corrected chi connectivity index (χ4v) is 4.39. The first-order valence-electron chi connectivity index (χ1n) is 10.8. The number of hydrogen-bond acceptors (Lipinski definition) is 6. The van der Waals surface area contributed by atoms with Crippen molar-refractivity contribution in [3.63, 3.8) is 0 Å². The Labute approximate surface area is 192 Å². The molecular formula is C25H27FN2O5. The Morgan fingerprint density at radius 3 is 2.18 bits per heavy atom. The number of ether oxygens (including phenoxy) is 3. The highest BCUT2D eigenvalue weighted by atomic mass is 19.1. The van der Waals surface area contributed by atoms with Crippen molar-refractivity contribution >= 4 is 17.4 Å². The summed E-state index contributed by atoms with van der Waals surface area (Å²) in [5, 5.41) is 0. The van der Waals surface area contributed by atoms with Crippen LogP contribution >= 0.6 is 0 Å². The number of carbonyl (C=O) groups excluding carboxylic acids is 2. The van der Waals surface area contributed by atoms with Gasteiger partial charge in [0.05, 0.1) is 38.5 Å². The van der Waals surface area contributed by atoms with Crippen molar-refractivity contribution in [1.29, 1.82) is 0 Å². The molecule has 0 bridgehead atoms. The van der Waals surface area contributed by atoms with Gasteiger partial charge in [-0.2, -0.15) is 0 Å². The van der Waals surface area contributed by atoms with Crippen molar-refractivity contribution < 1.29 is 28.2 Å². The standard InChI is InChI=1S/C25H27FN2O5/c1-15-12-27(13-16(2)33-15)23-22(18-7-10-20(31-3)21(11-18)32-4)24(29)28(25(23)30)14-17-5-8-19(26)9-6-17/h5-11,15-16H,12-14H2,1-4H3. The third-order valence-electron chi connectivity index (χ3n) is 5.81. The fourth-order valence-electron chi connectivity index (χ4n) is 4.39. The van der Waals surface area contributed by atoms with Crippen molar-refractivity contribution in [1.82, 2.24) is 9.80 Å². The molecular weight excluding hydrogens is 427 g/mol. The van der Waals surface area contributed by atoms with Crippen LogP contribution in [0.3, 0.4) is 0 Å². The van der Waals surface area contributed by atoms with E-state index >= 15 is 0 Å². The second-order valence-electron chi connectivity index (χ2n) is 8.28. The highest BCUT2D eigenvalue weighted by molar-refractivity contribution is 6.35. The van der Waals surface area contributed by atoms with Gasteiger partial charge in [-0.3, -0.25) is 14.5 Å². The SMILES string of the molecule is COc1ccc(C2=C(N3CC(C)OC(C)C3)C(=O)N(Cc3ccc(F)cc3)C2=O)cc1OC. The van der Waals surface area contributed by atoms with Crippen LogP contribution in [0.2, 0.25) is 0 Å². The summed E-state index contributed by atoms with van der Waals surface area (Å²) in [5.74, 6) is -0.174. The summed E-state index contributed by atoms with van der Waals surface area (Å²) in [6.07, 6.45) is -0.191. The number of halogens is 1. The van der Waals surface area contributed by atoms with E-state index < -0.39 is 5.91 Å². The lowest BCUT2D eigenvalue weighted by molar-refractivity contribution is -0.139. The van der Waals surface area contributed by atoms with Crippen LogP contribution in [-0.4, -0.2) is 61.1 Å². The molecule has 2 aliphatic heterocycles. The monoisotopic (exact) mass is 454 g/mol. The zero-order chi connectivity index (χ0) is 23.7. The van der Waals surface area contributed by atoms with E-state index in [-0.39, 0.29) is 30.5 Å². The zero-order valence-corrected chi connectivity index (χ0v) is 19.1. The van der Waals surface area contributed by atoms with Crippen molar-refractivity contribution in [3.8, 4) is 11.5 Å². The quantitative estimate of drug-likeness (QED) is 0.625. The smallest absolute Gasteiger partial charge is 0.278 e. The molecule has 2 aromatic rings. The summed E-state index contributed by atoms with van der Waals surface area (Å²) in [4.78, 5) is 30.3. The number of hydrogen-bond donors (Lipinski definition) is 0. The molecule has 1 saturated heterocycles. The summed E-state index contributed by atoms with van der Waals surface area (Å²) in [7, 11) is 3.05. The predicted molar refractivity (Wildman–Crippen MR) is 120 cm³/mol. The van der Waals surface area contributed by atoms with Crippen LogP contribution in [0.4, 0.5) is 4.39 Å². The van der Waals surface area contributed by atoms with Gasteiger partial charge in [0, 0.05) is 13.1 Å². The normalized spacial score (nSPS) is 21.1. The number of morpholine rings is 1. The van der Waals surface area contributed by atoms with Gasteiger partial charge in [-0.1, -0.05) is 18.2 Å². The van der Waals surface area contributed by atoms with Crippen LogP contribution in [0.1, 0.15) is 25.0 Å². The summed E-state index contributed by atoms with van der Waals surface area (Å²) >= 11 is 0. The highest BCUT2D eigenvalue weighted by Crippen LogP contribution is 2.37. The van der Waals surface area contributed by atoms with E-state index in [2.05, 4.69) is 0 Å². The molecule has 4 rings (SSSR count). The summed E-state index contributed by atoms with van der Waals surface area (Å²) < 4.78 is 29.9. The second-order valence-corrected chi connectivity index (χ2v) is 8.28. The Kier molecular flexibility index (Phi) is 6.37. The first-order valence-corrected chi connectivity index (χ1v) is 10.8. The molecule has 1 fully saturated rings. The van der Waals surface area contributed by atoms with Gasteiger partial charge in [0.2, 0.25) is 0 Å². The molecule has 0 aromatic heterocycles. The fraction of sp³-hybridized carbons (Fsp3) is 0.360. The van der Waals surface area contributed by atoms with Gasteiger partial charge < -0.3 is 19.1 Å². The van der Waals surface area contributed by atoms with Gasteiger partial charge in [-0.25, -0.2) is 4.39 Å². The van der Waals surface area contributed by atoms with Gasteiger partial charge >= 0.3 is 0 Å². The maximum absolute atomic E-state index is 13.6. The minimum absolute atomic E-state index is 0.0493. The van der Waals surface area contributed by atoms with E-state index in [0.29, 0.717) is 47.0 Å². The molecule has 0 radical (unpaired) electrons. The average molecular weight is 454 g/mol. The van der Waals surface area contributed by atoms with Crippen molar-refractivity contribution in [2.24, 2.45) is 0 Å². The topological polar surface area (TPSA) is 68.3 Å². The summed E-state index contributed by atoms with van der Waals surface area (Å²) in [6.45, 7) is 4.90. The van der Waals surface area contributed by atoms with Gasteiger partial charge in [0.1, 0.15) is 11.5 Å². The van der Waals surface area contributed by atoms with Gasteiger partial charge in [-0.05, 0) is 49.2 Å². The molecule has 2 unspecified atom stereocenters. The van der Waals surface area contributed by atoms with E-state index in [1.54, 1.807) is 30.3 Å². The van der Waals surface area contributed by atoms with Crippen molar-refractivity contribution in [2.45, 2.75) is 32.6 Å². The third-order valence-corrected chi connectivity index (χ3v) is 5.81. The molecule has 0 N–H and O–H groups in total. The van der Waals surface area contributed by atoms with Gasteiger partial charge in [0.15, 0.2) is 11.5 Å². The Morgan fingerprint density at radius 1 is 0.939 bits per heavy atom.